The first-order chi connectivity index (χ1) is 12.9. The zero-order valence-electron chi connectivity index (χ0n) is 17.9. The maximum Gasteiger partial charge on any atom is 0.0802 e. The summed E-state index contributed by atoms with van der Waals surface area (Å²) in [5.41, 5.74) is 0.156. The third-order valence-corrected chi connectivity index (χ3v) is 9.04. The molecule has 0 aromatic rings. The lowest BCUT2D eigenvalue weighted by atomic mass is 9.61. The second-order valence-corrected chi connectivity index (χ2v) is 10.6. The van der Waals surface area contributed by atoms with Gasteiger partial charge in [0.2, 0.25) is 0 Å². The van der Waals surface area contributed by atoms with Gasteiger partial charge in [-0.1, -0.05) is 46.5 Å². The summed E-state index contributed by atoms with van der Waals surface area (Å²) >= 11 is 0. The Morgan fingerprint density at radius 2 is 1.63 bits per heavy atom. The fraction of sp³-hybridized carbons (Fsp3) is 1.00. The summed E-state index contributed by atoms with van der Waals surface area (Å²) in [6.45, 7) is 6.96. The van der Waals surface area contributed by atoms with Gasteiger partial charge in [-0.25, -0.2) is 0 Å². The highest BCUT2D eigenvalue weighted by atomic mass is 16.3. The molecule has 3 aliphatic carbocycles. The smallest absolute Gasteiger partial charge is 0.0802 e. The van der Waals surface area contributed by atoms with Gasteiger partial charge in [0, 0.05) is 0 Å². The van der Waals surface area contributed by atoms with Gasteiger partial charge in [0.15, 0.2) is 0 Å². The van der Waals surface area contributed by atoms with Crippen molar-refractivity contribution < 1.29 is 15.3 Å². The van der Waals surface area contributed by atoms with Crippen molar-refractivity contribution in [2.24, 2.45) is 35.0 Å². The second kappa shape index (κ2) is 9.13. The highest BCUT2D eigenvalue weighted by Crippen LogP contribution is 2.54. The molecule has 0 saturated heterocycles. The van der Waals surface area contributed by atoms with E-state index in [1.165, 1.54) is 38.5 Å². The third kappa shape index (κ3) is 4.56. The molecule has 0 spiro atoms. The highest BCUT2D eigenvalue weighted by molar-refractivity contribution is 4.99. The maximum atomic E-state index is 11.0. The van der Waals surface area contributed by atoms with Crippen LogP contribution in [0.2, 0.25) is 0 Å². The first-order valence-corrected chi connectivity index (χ1v) is 11.9. The summed E-state index contributed by atoms with van der Waals surface area (Å²) in [5, 5.41) is 31.3. The van der Waals surface area contributed by atoms with E-state index in [0.717, 1.165) is 44.4 Å². The summed E-state index contributed by atoms with van der Waals surface area (Å²) in [7, 11) is 0. The minimum Gasteiger partial charge on any atom is -0.393 e. The van der Waals surface area contributed by atoms with Crippen LogP contribution < -0.4 is 0 Å². The number of hydrogen-bond donors (Lipinski definition) is 3. The van der Waals surface area contributed by atoms with Crippen molar-refractivity contribution in [3.8, 4) is 0 Å². The van der Waals surface area contributed by atoms with Crippen LogP contribution in [-0.2, 0) is 0 Å². The number of aliphatic hydroxyl groups is 3. The lowest BCUT2D eigenvalue weighted by molar-refractivity contribution is -0.0643. The molecular formula is C24H44O3. The molecule has 3 rings (SSSR count). The molecule has 0 radical (unpaired) electrons. The predicted molar refractivity (Wildman–Crippen MR) is 110 cm³/mol. The van der Waals surface area contributed by atoms with Crippen molar-refractivity contribution in [1.82, 2.24) is 0 Å². The zero-order valence-corrected chi connectivity index (χ0v) is 17.9. The molecule has 0 bridgehead atoms. The topological polar surface area (TPSA) is 60.7 Å². The van der Waals surface area contributed by atoms with E-state index in [9.17, 15) is 15.3 Å². The quantitative estimate of drug-likeness (QED) is 0.613. The van der Waals surface area contributed by atoms with E-state index in [1.54, 1.807) is 0 Å². The molecule has 158 valence electrons. The standard InChI is InChI=1S/C24H44O3/c1-4-18-14-21(25)22(26)15-20(18)17(3)11-13-24(12-5-6-23(24)27)19-9-7-16(2)8-10-19/h16-23,25-27H,4-15H2,1-3H3/t16?,17-,18?,19?,20?,21?,22?,23?,24?/m1/s1. The summed E-state index contributed by atoms with van der Waals surface area (Å²) in [6.07, 6.45) is 12.4. The molecule has 3 aliphatic rings. The minimum absolute atomic E-state index is 0.108. The molecule has 27 heavy (non-hydrogen) atoms. The molecule has 0 heterocycles. The van der Waals surface area contributed by atoms with E-state index in [2.05, 4.69) is 20.8 Å². The molecule has 3 nitrogen and oxygen atoms in total. The van der Waals surface area contributed by atoms with Crippen LogP contribution in [0, 0.1) is 35.0 Å². The Hall–Kier alpha value is -0.120. The molecule has 0 aromatic heterocycles. The van der Waals surface area contributed by atoms with E-state index in [0.29, 0.717) is 23.7 Å². The first-order valence-electron chi connectivity index (χ1n) is 11.9. The molecule has 3 N–H and O–H groups in total. The SMILES string of the molecule is CCC1CC(O)C(O)CC1[C@H](C)CCC1(C2CCC(C)CC2)CCCC1O. The Kier molecular flexibility index (Phi) is 7.30. The molecule has 0 amide bonds. The van der Waals surface area contributed by atoms with Crippen molar-refractivity contribution in [2.45, 2.75) is 116 Å². The fourth-order valence-electron chi connectivity index (χ4n) is 7.03. The summed E-state index contributed by atoms with van der Waals surface area (Å²) in [5.74, 6) is 3.16. The van der Waals surface area contributed by atoms with E-state index in [4.69, 9.17) is 0 Å². The van der Waals surface area contributed by atoms with Gasteiger partial charge in [0.05, 0.1) is 18.3 Å². The van der Waals surface area contributed by atoms with Gasteiger partial charge >= 0.3 is 0 Å². The van der Waals surface area contributed by atoms with Crippen molar-refractivity contribution in [1.29, 1.82) is 0 Å². The molecule has 6 unspecified atom stereocenters. The number of aliphatic hydroxyl groups excluding tert-OH is 3. The van der Waals surface area contributed by atoms with Crippen LogP contribution in [0.3, 0.4) is 0 Å². The molecule has 3 heteroatoms. The lowest BCUT2D eigenvalue weighted by Gasteiger charge is -2.45. The average molecular weight is 381 g/mol. The van der Waals surface area contributed by atoms with Crippen LogP contribution in [0.5, 0.6) is 0 Å². The van der Waals surface area contributed by atoms with E-state index in [1.807, 2.05) is 0 Å². The van der Waals surface area contributed by atoms with E-state index < -0.39 is 12.2 Å². The van der Waals surface area contributed by atoms with Gasteiger partial charge in [-0.3, -0.25) is 0 Å². The average Bonchev–Trinajstić information content (AvgIpc) is 3.03. The molecule has 7 atom stereocenters. The molecule has 3 fully saturated rings. The predicted octanol–water partition coefficient (Wildman–Crippen LogP) is 4.92. The Labute approximate surface area is 166 Å². The molecule has 3 saturated carbocycles. The molecule has 0 aliphatic heterocycles. The Balaban J connectivity index is 1.64. The van der Waals surface area contributed by atoms with Crippen molar-refractivity contribution in [3.63, 3.8) is 0 Å². The van der Waals surface area contributed by atoms with Gasteiger partial charge in [-0.2, -0.15) is 0 Å². The van der Waals surface area contributed by atoms with Crippen LogP contribution in [0.15, 0.2) is 0 Å². The van der Waals surface area contributed by atoms with Crippen molar-refractivity contribution in [3.05, 3.63) is 0 Å². The zero-order chi connectivity index (χ0) is 19.6. The minimum atomic E-state index is -0.550. The summed E-state index contributed by atoms with van der Waals surface area (Å²) < 4.78 is 0. The maximum absolute atomic E-state index is 11.0. The Morgan fingerprint density at radius 1 is 0.963 bits per heavy atom. The fourth-order valence-corrected chi connectivity index (χ4v) is 7.03. The largest absolute Gasteiger partial charge is 0.393 e. The summed E-state index contributed by atoms with van der Waals surface area (Å²) in [6, 6.07) is 0. The van der Waals surface area contributed by atoms with E-state index >= 15 is 0 Å². The van der Waals surface area contributed by atoms with Gasteiger partial charge in [-0.05, 0) is 86.4 Å². The second-order valence-electron chi connectivity index (χ2n) is 10.6. The van der Waals surface area contributed by atoms with Gasteiger partial charge in [-0.15, -0.1) is 0 Å². The monoisotopic (exact) mass is 380 g/mol. The Morgan fingerprint density at radius 3 is 2.22 bits per heavy atom. The van der Waals surface area contributed by atoms with Crippen LogP contribution in [0.25, 0.3) is 0 Å². The van der Waals surface area contributed by atoms with E-state index in [-0.39, 0.29) is 11.5 Å². The molecular weight excluding hydrogens is 336 g/mol. The van der Waals surface area contributed by atoms with Crippen LogP contribution in [-0.4, -0.2) is 33.6 Å². The van der Waals surface area contributed by atoms with Crippen molar-refractivity contribution >= 4 is 0 Å². The highest BCUT2D eigenvalue weighted by Gasteiger charge is 2.48. The Bertz CT molecular complexity index is 459. The first kappa shape index (κ1) is 21.6. The summed E-state index contributed by atoms with van der Waals surface area (Å²) in [4.78, 5) is 0. The van der Waals surface area contributed by atoms with Crippen molar-refractivity contribution in [2.75, 3.05) is 0 Å². The van der Waals surface area contributed by atoms with Crippen LogP contribution >= 0.6 is 0 Å². The molecule has 0 aromatic carbocycles. The van der Waals surface area contributed by atoms with Crippen LogP contribution in [0.1, 0.15) is 97.8 Å². The van der Waals surface area contributed by atoms with Crippen LogP contribution in [0.4, 0.5) is 0 Å². The van der Waals surface area contributed by atoms with Gasteiger partial charge in [0.1, 0.15) is 0 Å². The normalized spacial score (nSPS) is 47.1. The number of hydrogen-bond acceptors (Lipinski definition) is 3. The van der Waals surface area contributed by atoms with Gasteiger partial charge < -0.3 is 15.3 Å². The lowest BCUT2D eigenvalue weighted by Crippen LogP contribution is -2.42. The third-order valence-electron chi connectivity index (χ3n) is 9.04. The van der Waals surface area contributed by atoms with Gasteiger partial charge in [0.25, 0.3) is 0 Å². The number of rotatable bonds is 6.